The average Bonchev–Trinajstić information content (AvgIpc) is 1.88. The Hall–Kier alpha value is 0.986. The van der Waals surface area contributed by atoms with E-state index in [-0.39, 0.29) is 64.6 Å². The summed E-state index contributed by atoms with van der Waals surface area (Å²) in [5, 5.41) is 32.3. The predicted octanol–water partition coefficient (Wildman–Crippen LogP) is -6.30. The van der Waals surface area contributed by atoms with E-state index in [1.54, 1.807) is 0 Å². The zero-order valence-corrected chi connectivity index (χ0v) is 8.85. The predicted molar refractivity (Wildman–Crippen MR) is 26.2 cm³/mol. The van der Waals surface area contributed by atoms with Crippen LogP contribution < -0.4 is 56.5 Å². The number of hydrogen-bond donors (Lipinski definition) is 3. The number of aliphatic hydroxyl groups is 3. The van der Waals surface area contributed by atoms with Crippen LogP contribution >= 0.6 is 0 Å². The second-order valence-corrected chi connectivity index (χ2v) is 1.12. The summed E-state index contributed by atoms with van der Waals surface area (Å²) in [6.45, 7) is -1.23. The van der Waals surface area contributed by atoms with Gasteiger partial charge >= 0.3 is 51.4 Å². The summed E-state index contributed by atoms with van der Waals surface area (Å²) in [4.78, 5) is 8.25. The Morgan fingerprint density at radius 1 is 1.40 bits per heavy atom. The molecular formula is C4H9KO5. The van der Waals surface area contributed by atoms with Gasteiger partial charge in [0.1, 0.15) is 6.10 Å². The molecule has 5 nitrogen and oxygen atoms in total. The van der Waals surface area contributed by atoms with E-state index in [0.29, 0.717) is 0 Å². The van der Waals surface area contributed by atoms with Crippen molar-refractivity contribution in [3.63, 3.8) is 0 Å². The van der Waals surface area contributed by atoms with Crippen molar-refractivity contribution in [2.75, 3.05) is 13.2 Å². The maximum absolute atomic E-state index is 8.25. The summed E-state index contributed by atoms with van der Waals surface area (Å²) in [6, 6.07) is 0. The summed E-state index contributed by atoms with van der Waals surface area (Å²) < 4.78 is 0. The van der Waals surface area contributed by atoms with Crippen molar-refractivity contribution >= 4 is 6.47 Å². The number of hydrogen-bond acceptors (Lipinski definition) is 5. The molecule has 10 heavy (non-hydrogen) atoms. The van der Waals surface area contributed by atoms with Crippen LogP contribution in [0.4, 0.5) is 0 Å². The van der Waals surface area contributed by atoms with Crippen molar-refractivity contribution in [2.24, 2.45) is 0 Å². The molecule has 56 valence electrons. The van der Waals surface area contributed by atoms with Crippen molar-refractivity contribution in [1.82, 2.24) is 0 Å². The van der Waals surface area contributed by atoms with Gasteiger partial charge in [0, 0.05) is 6.47 Å². The second-order valence-electron chi connectivity index (χ2n) is 1.12. The maximum Gasteiger partial charge on any atom is 1.00 e. The summed E-state index contributed by atoms with van der Waals surface area (Å²) >= 11 is 0. The van der Waals surface area contributed by atoms with E-state index in [1.807, 2.05) is 0 Å². The molecule has 0 aromatic heterocycles. The molecule has 0 spiro atoms. The van der Waals surface area contributed by atoms with Gasteiger partial charge in [-0.15, -0.1) is 0 Å². The molecule has 3 N–H and O–H groups in total. The van der Waals surface area contributed by atoms with E-state index < -0.39 is 12.6 Å². The molecule has 0 unspecified atom stereocenters. The zero-order chi connectivity index (χ0) is 7.70. The number of rotatable bonds is 2. The van der Waals surface area contributed by atoms with E-state index in [4.69, 9.17) is 25.2 Å². The number of carboxylic acid groups (broad SMARTS) is 1. The van der Waals surface area contributed by atoms with Crippen LogP contribution in [0.15, 0.2) is 0 Å². The molecule has 0 rings (SSSR count). The van der Waals surface area contributed by atoms with Gasteiger partial charge in [-0.3, -0.25) is 0 Å². The van der Waals surface area contributed by atoms with Crippen LogP contribution in [0.5, 0.6) is 0 Å². The van der Waals surface area contributed by atoms with Crippen molar-refractivity contribution in [3.05, 3.63) is 0 Å². The largest absolute Gasteiger partial charge is 1.00 e. The molecule has 0 bridgehead atoms. The first-order chi connectivity index (χ1) is 4.22. The Labute approximate surface area is 101 Å². The minimum Gasteiger partial charge on any atom is -0.554 e. The molecule has 0 saturated heterocycles. The maximum atomic E-state index is 8.25. The van der Waals surface area contributed by atoms with Gasteiger partial charge in [-0.25, -0.2) is 0 Å². The molecule has 0 aromatic carbocycles. The SMILES string of the molecule is O=C[O-].OCC(O)CO.[K+]. The molecule has 0 aliphatic heterocycles. The summed E-state index contributed by atoms with van der Waals surface area (Å²) in [5.74, 6) is 0. The molecule has 0 aromatic rings. The first kappa shape index (κ1) is 17.2. The zero-order valence-electron chi connectivity index (χ0n) is 5.73. The molecular weight excluding hydrogens is 167 g/mol. The number of aliphatic hydroxyl groups excluding tert-OH is 3. The third-order valence-electron chi connectivity index (χ3n) is 0.421. The van der Waals surface area contributed by atoms with Crippen LogP contribution in [-0.4, -0.2) is 41.1 Å². The standard InChI is InChI=1S/C3H8O3.CH2O2.K/c4-1-3(6)2-5;2-1-3;/h3-6H,1-2H2;1H,(H,2,3);/q;;+1/p-1. The topological polar surface area (TPSA) is 101 Å². The van der Waals surface area contributed by atoms with E-state index in [9.17, 15) is 0 Å². The van der Waals surface area contributed by atoms with Gasteiger partial charge in [0.15, 0.2) is 0 Å². The monoisotopic (exact) mass is 176 g/mol. The van der Waals surface area contributed by atoms with E-state index in [1.165, 1.54) is 0 Å². The van der Waals surface area contributed by atoms with Crippen molar-refractivity contribution < 1.29 is 76.6 Å². The van der Waals surface area contributed by atoms with Gasteiger partial charge in [-0.05, 0) is 0 Å². The van der Waals surface area contributed by atoms with Crippen LogP contribution in [0, 0.1) is 0 Å². The first-order valence-electron chi connectivity index (χ1n) is 2.18. The van der Waals surface area contributed by atoms with Crippen molar-refractivity contribution in [1.29, 1.82) is 0 Å². The van der Waals surface area contributed by atoms with Gasteiger partial charge in [0.2, 0.25) is 0 Å². The third-order valence-corrected chi connectivity index (χ3v) is 0.421. The van der Waals surface area contributed by atoms with E-state index in [0.717, 1.165) is 0 Å². The summed E-state index contributed by atoms with van der Waals surface area (Å²) in [5.41, 5.74) is 0. The van der Waals surface area contributed by atoms with Crippen LogP contribution in [0.25, 0.3) is 0 Å². The molecule has 0 heterocycles. The van der Waals surface area contributed by atoms with Crippen LogP contribution in [0.1, 0.15) is 0 Å². The smallest absolute Gasteiger partial charge is 0.554 e. The molecule has 0 atom stereocenters. The van der Waals surface area contributed by atoms with Crippen molar-refractivity contribution in [2.45, 2.75) is 6.10 Å². The van der Waals surface area contributed by atoms with E-state index in [2.05, 4.69) is 0 Å². The van der Waals surface area contributed by atoms with Gasteiger partial charge in [0.05, 0.1) is 13.2 Å². The summed E-state index contributed by atoms with van der Waals surface area (Å²) in [7, 11) is 0. The fourth-order valence-electron chi connectivity index (χ4n) is 0.0577. The fourth-order valence-corrected chi connectivity index (χ4v) is 0.0577. The average molecular weight is 176 g/mol. The molecule has 0 amide bonds. The van der Waals surface area contributed by atoms with Crippen LogP contribution in [0.2, 0.25) is 0 Å². The van der Waals surface area contributed by atoms with Crippen LogP contribution in [-0.2, 0) is 4.79 Å². The van der Waals surface area contributed by atoms with Gasteiger partial charge in [-0.2, -0.15) is 0 Å². The minimum atomic E-state index is -0.954. The molecule has 0 saturated carbocycles. The number of carbonyl (C=O) groups excluding carboxylic acids is 1. The minimum absolute atomic E-state index is 0. The first-order valence-corrected chi connectivity index (χ1v) is 2.18. The third kappa shape index (κ3) is 23.1. The van der Waals surface area contributed by atoms with Gasteiger partial charge < -0.3 is 25.2 Å². The Kier molecular flexibility index (Phi) is 28.4. The van der Waals surface area contributed by atoms with Crippen molar-refractivity contribution in [3.8, 4) is 0 Å². The van der Waals surface area contributed by atoms with Gasteiger partial charge in [0.25, 0.3) is 0 Å². The molecule has 0 aliphatic carbocycles. The fraction of sp³-hybridized carbons (Fsp3) is 0.750. The molecule has 0 radical (unpaired) electrons. The quantitative estimate of drug-likeness (QED) is 0.287. The Balaban J connectivity index is -0.000000107. The Morgan fingerprint density at radius 2 is 1.60 bits per heavy atom. The summed E-state index contributed by atoms with van der Waals surface area (Å²) in [6.07, 6.45) is -0.954. The van der Waals surface area contributed by atoms with E-state index >= 15 is 0 Å². The number of carbonyl (C=O) groups is 1. The Bertz CT molecular complexity index is 55.6. The second kappa shape index (κ2) is 16.5. The van der Waals surface area contributed by atoms with Crippen LogP contribution in [0.3, 0.4) is 0 Å². The molecule has 0 fully saturated rings. The van der Waals surface area contributed by atoms with Gasteiger partial charge in [-0.1, -0.05) is 0 Å². The normalized spacial score (nSPS) is 7.20. The molecule has 6 heteroatoms. The Morgan fingerprint density at radius 3 is 1.60 bits per heavy atom. The molecule has 0 aliphatic rings.